The maximum Gasteiger partial charge on any atom is 0.254 e. The van der Waals surface area contributed by atoms with Crippen molar-refractivity contribution in [3.63, 3.8) is 0 Å². The van der Waals surface area contributed by atoms with Crippen LogP contribution < -0.4 is 5.32 Å². The van der Waals surface area contributed by atoms with E-state index in [1.807, 2.05) is 11.8 Å². The smallest absolute Gasteiger partial charge is 0.254 e. The Morgan fingerprint density at radius 3 is 2.47 bits per heavy atom. The van der Waals surface area contributed by atoms with Crippen molar-refractivity contribution in [3.8, 4) is 0 Å². The maximum atomic E-state index is 12.3. The van der Waals surface area contributed by atoms with Crippen molar-refractivity contribution in [2.45, 2.75) is 25.4 Å². The van der Waals surface area contributed by atoms with Crippen LogP contribution in [0, 0.1) is 5.92 Å². The van der Waals surface area contributed by atoms with E-state index >= 15 is 0 Å². The van der Waals surface area contributed by atoms with Crippen LogP contribution in [-0.4, -0.2) is 49.7 Å². The van der Waals surface area contributed by atoms with E-state index in [0.717, 1.165) is 39.0 Å². The van der Waals surface area contributed by atoms with Gasteiger partial charge in [0.25, 0.3) is 5.91 Å². The number of hydrogen-bond donors (Lipinski definition) is 1. The van der Waals surface area contributed by atoms with Gasteiger partial charge in [-0.15, -0.1) is 0 Å². The molecule has 0 aromatic heterocycles. The highest BCUT2D eigenvalue weighted by atomic mass is 16.5. The Labute approximate surface area is 91.0 Å². The highest BCUT2D eigenvalue weighted by Crippen LogP contribution is 2.42. The number of rotatable bonds is 3. The molecule has 2 rings (SSSR count). The van der Waals surface area contributed by atoms with Crippen LogP contribution in [0.4, 0.5) is 0 Å². The number of ether oxygens (including phenoxy) is 1. The van der Waals surface area contributed by atoms with E-state index in [9.17, 15) is 4.79 Å². The third-order valence-corrected chi connectivity index (χ3v) is 3.61. The maximum absolute atomic E-state index is 12.3. The van der Waals surface area contributed by atoms with Gasteiger partial charge in [0, 0.05) is 33.3 Å². The number of carbonyl (C=O) groups excluding carboxylic acids is 1. The van der Waals surface area contributed by atoms with Gasteiger partial charge in [-0.1, -0.05) is 0 Å². The molecule has 4 nitrogen and oxygen atoms in total. The van der Waals surface area contributed by atoms with Crippen molar-refractivity contribution in [2.75, 3.05) is 33.3 Å². The topological polar surface area (TPSA) is 41.6 Å². The number of hydrogen-bond acceptors (Lipinski definition) is 3. The van der Waals surface area contributed by atoms with Crippen LogP contribution in [0.5, 0.6) is 0 Å². The lowest BCUT2D eigenvalue weighted by Gasteiger charge is -2.36. The lowest BCUT2D eigenvalue weighted by atomic mass is 9.98. The fourth-order valence-corrected chi connectivity index (χ4v) is 2.24. The van der Waals surface area contributed by atoms with Gasteiger partial charge < -0.3 is 15.0 Å². The van der Waals surface area contributed by atoms with Crippen molar-refractivity contribution in [1.82, 2.24) is 10.2 Å². The Morgan fingerprint density at radius 2 is 2.00 bits per heavy atom. The summed E-state index contributed by atoms with van der Waals surface area (Å²) in [5.74, 6) is 0.610. The second-order valence-electron chi connectivity index (χ2n) is 4.63. The average Bonchev–Trinajstić information content (AvgIpc) is 3.12. The van der Waals surface area contributed by atoms with Crippen molar-refractivity contribution in [1.29, 1.82) is 0 Å². The molecule has 1 amide bonds. The minimum absolute atomic E-state index is 0.175. The van der Waals surface area contributed by atoms with Crippen LogP contribution in [0.1, 0.15) is 19.8 Å². The van der Waals surface area contributed by atoms with Crippen LogP contribution in [0.25, 0.3) is 0 Å². The molecule has 1 N–H and O–H groups in total. The molecule has 0 radical (unpaired) electrons. The summed E-state index contributed by atoms with van der Waals surface area (Å²) in [4.78, 5) is 14.2. The standard InChI is InChI=1S/C11H20N2O2/c1-11(15-2,9-3-4-9)10(14)13-7-5-12-6-8-13/h9,12H,3-8H2,1-2H3. The van der Waals surface area contributed by atoms with E-state index in [0.29, 0.717) is 5.92 Å². The minimum atomic E-state index is -0.572. The zero-order valence-corrected chi connectivity index (χ0v) is 9.58. The molecule has 1 aliphatic carbocycles. The van der Waals surface area contributed by atoms with Crippen molar-refractivity contribution in [2.24, 2.45) is 5.92 Å². The largest absolute Gasteiger partial charge is 0.368 e. The molecule has 1 saturated carbocycles. The molecule has 1 atom stereocenters. The van der Waals surface area contributed by atoms with E-state index in [-0.39, 0.29) is 5.91 Å². The first-order valence-electron chi connectivity index (χ1n) is 5.73. The quantitative estimate of drug-likeness (QED) is 0.728. The van der Waals surface area contributed by atoms with Crippen molar-refractivity contribution >= 4 is 5.91 Å². The summed E-state index contributed by atoms with van der Waals surface area (Å²) in [6.45, 7) is 5.36. The lowest BCUT2D eigenvalue weighted by molar-refractivity contribution is -0.156. The van der Waals surface area contributed by atoms with Gasteiger partial charge in [0.2, 0.25) is 0 Å². The van der Waals surface area contributed by atoms with E-state index in [2.05, 4.69) is 5.32 Å². The molecule has 86 valence electrons. The zero-order chi connectivity index (χ0) is 10.9. The van der Waals surface area contributed by atoms with Crippen LogP contribution in [0.3, 0.4) is 0 Å². The number of methoxy groups -OCH3 is 1. The zero-order valence-electron chi connectivity index (χ0n) is 9.58. The van der Waals surface area contributed by atoms with Gasteiger partial charge in [0.05, 0.1) is 0 Å². The Morgan fingerprint density at radius 1 is 1.40 bits per heavy atom. The number of carbonyl (C=O) groups is 1. The summed E-state index contributed by atoms with van der Waals surface area (Å²) >= 11 is 0. The lowest BCUT2D eigenvalue weighted by Crippen LogP contribution is -2.55. The monoisotopic (exact) mass is 212 g/mol. The van der Waals surface area contributed by atoms with Gasteiger partial charge in [-0.25, -0.2) is 0 Å². The summed E-state index contributed by atoms with van der Waals surface area (Å²) < 4.78 is 5.47. The molecule has 0 bridgehead atoms. The number of piperazine rings is 1. The van der Waals surface area contributed by atoms with Gasteiger partial charge in [-0.05, 0) is 25.7 Å². The molecule has 1 aliphatic heterocycles. The van der Waals surface area contributed by atoms with Gasteiger partial charge in [0.15, 0.2) is 0 Å². The number of nitrogens with zero attached hydrogens (tertiary/aromatic N) is 1. The van der Waals surface area contributed by atoms with E-state index in [1.165, 1.54) is 0 Å². The molecule has 15 heavy (non-hydrogen) atoms. The second kappa shape index (κ2) is 4.10. The number of amides is 1. The third kappa shape index (κ3) is 2.01. The van der Waals surface area contributed by atoms with E-state index < -0.39 is 5.60 Å². The Hall–Kier alpha value is -0.610. The molecule has 2 fully saturated rings. The summed E-state index contributed by atoms with van der Waals surface area (Å²) in [5.41, 5.74) is -0.572. The first-order valence-corrected chi connectivity index (χ1v) is 5.73. The number of nitrogens with one attached hydrogen (secondary N) is 1. The van der Waals surface area contributed by atoms with Crippen LogP contribution >= 0.6 is 0 Å². The van der Waals surface area contributed by atoms with Crippen LogP contribution in [-0.2, 0) is 9.53 Å². The average molecular weight is 212 g/mol. The second-order valence-corrected chi connectivity index (χ2v) is 4.63. The molecule has 0 aromatic rings. The molecule has 1 heterocycles. The molecule has 1 saturated heterocycles. The summed E-state index contributed by atoms with van der Waals surface area (Å²) in [7, 11) is 1.65. The predicted octanol–water partition coefficient (Wildman–Crippen LogP) is 0.233. The highest BCUT2D eigenvalue weighted by Gasteiger charge is 2.49. The Bertz CT molecular complexity index is 247. The summed E-state index contributed by atoms with van der Waals surface area (Å²) in [6, 6.07) is 0. The van der Waals surface area contributed by atoms with Gasteiger partial charge in [-0.3, -0.25) is 4.79 Å². The van der Waals surface area contributed by atoms with Crippen molar-refractivity contribution < 1.29 is 9.53 Å². The minimum Gasteiger partial charge on any atom is -0.368 e. The third-order valence-electron chi connectivity index (χ3n) is 3.61. The van der Waals surface area contributed by atoms with E-state index in [1.54, 1.807) is 7.11 Å². The first-order chi connectivity index (χ1) is 7.18. The molecule has 0 aromatic carbocycles. The molecular formula is C11H20N2O2. The van der Waals surface area contributed by atoms with E-state index in [4.69, 9.17) is 4.74 Å². The normalized spacial score (nSPS) is 26.1. The van der Waals surface area contributed by atoms with Crippen molar-refractivity contribution in [3.05, 3.63) is 0 Å². The SMILES string of the molecule is COC(C)(C(=O)N1CCNCC1)C1CC1. The Balaban J connectivity index is 2.03. The molecule has 0 spiro atoms. The predicted molar refractivity (Wildman–Crippen MR) is 57.6 cm³/mol. The first kappa shape index (κ1) is 10.9. The molecule has 1 unspecified atom stereocenters. The molecule has 2 aliphatic rings. The molecule has 4 heteroatoms. The van der Waals surface area contributed by atoms with Gasteiger partial charge >= 0.3 is 0 Å². The fraction of sp³-hybridized carbons (Fsp3) is 0.909. The summed E-state index contributed by atoms with van der Waals surface area (Å²) in [5, 5.41) is 3.25. The van der Waals surface area contributed by atoms with Crippen LogP contribution in [0.15, 0.2) is 0 Å². The van der Waals surface area contributed by atoms with Crippen LogP contribution in [0.2, 0.25) is 0 Å². The summed E-state index contributed by atoms with van der Waals surface area (Å²) in [6.07, 6.45) is 2.25. The Kier molecular flexibility index (Phi) is 2.98. The fourth-order valence-electron chi connectivity index (χ4n) is 2.24. The van der Waals surface area contributed by atoms with Gasteiger partial charge in [-0.2, -0.15) is 0 Å². The van der Waals surface area contributed by atoms with Gasteiger partial charge in [0.1, 0.15) is 5.60 Å². The highest BCUT2D eigenvalue weighted by molar-refractivity contribution is 5.85. The molecular weight excluding hydrogens is 192 g/mol.